The van der Waals surface area contributed by atoms with Gasteiger partial charge in [0.05, 0.1) is 5.69 Å². The third-order valence-corrected chi connectivity index (χ3v) is 2.69. The van der Waals surface area contributed by atoms with Crippen LogP contribution in [-0.4, -0.2) is 23.1 Å². The monoisotopic (exact) mass is 262 g/mol. The largest absolute Gasteiger partial charge is 0.353 e. The number of nitrogens with zero attached hydrogens (tertiary/aromatic N) is 2. The van der Waals surface area contributed by atoms with Crippen molar-refractivity contribution in [1.29, 1.82) is 0 Å². The molecule has 0 radical (unpaired) electrons. The van der Waals surface area contributed by atoms with E-state index in [1.54, 1.807) is 6.20 Å². The number of nitrogens with two attached hydrogens (primary N) is 1. The number of anilines is 1. The molecule has 0 bridgehead atoms. The Morgan fingerprint density at radius 3 is 2.67 bits per heavy atom. The number of hydrogen-bond acceptors (Lipinski definition) is 4. The standard InChI is InChI=1S/C13H15ClN4/c14-11-3-1-10(2-4-11)9-12-5-7-16-13(18-12)17-8-6-15/h1-5,7H,6,8-9,15H2,(H,16,17,18). The molecule has 0 aliphatic carbocycles. The van der Waals surface area contributed by atoms with Crippen molar-refractivity contribution in [3.8, 4) is 0 Å². The Labute approximate surface area is 111 Å². The molecule has 0 unspecified atom stereocenters. The third-order valence-electron chi connectivity index (χ3n) is 2.44. The van der Waals surface area contributed by atoms with Crippen LogP contribution in [0.2, 0.25) is 5.02 Å². The van der Waals surface area contributed by atoms with Crippen LogP contribution in [0.3, 0.4) is 0 Å². The fourth-order valence-electron chi connectivity index (χ4n) is 1.58. The molecule has 1 aromatic carbocycles. The molecule has 0 spiro atoms. The van der Waals surface area contributed by atoms with Gasteiger partial charge in [0, 0.05) is 30.7 Å². The van der Waals surface area contributed by atoms with Crippen LogP contribution in [0.4, 0.5) is 5.95 Å². The van der Waals surface area contributed by atoms with Crippen molar-refractivity contribution in [2.45, 2.75) is 6.42 Å². The summed E-state index contributed by atoms with van der Waals surface area (Å²) in [5.74, 6) is 0.618. The van der Waals surface area contributed by atoms with E-state index in [2.05, 4.69) is 15.3 Å². The molecule has 3 N–H and O–H groups in total. The lowest BCUT2D eigenvalue weighted by Gasteiger charge is -2.05. The fourth-order valence-corrected chi connectivity index (χ4v) is 1.70. The summed E-state index contributed by atoms with van der Waals surface area (Å²) in [6.07, 6.45) is 2.51. The predicted molar refractivity (Wildman–Crippen MR) is 73.8 cm³/mol. The van der Waals surface area contributed by atoms with Gasteiger partial charge in [0.1, 0.15) is 0 Å². The Balaban J connectivity index is 2.06. The van der Waals surface area contributed by atoms with Crippen LogP contribution in [0.1, 0.15) is 11.3 Å². The fraction of sp³-hybridized carbons (Fsp3) is 0.231. The lowest BCUT2D eigenvalue weighted by molar-refractivity contribution is 0.964. The first-order valence-corrected chi connectivity index (χ1v) is 6.16. The second-order valence-corrected chi connectivity index (χ2v) is 4.33. The highest BCUT2D eigenvalue weighted by Crippen LogP contribution is 2.13. The Kier molecular flexibility index (Phi) is 4.50. The van der Waals surface area contributed by atoms with Crippen molar-refractivity contribution >= 4 is 17.5 Å². The molecule has 0 atom stereocenters. The molecule has 18 heavy (non-hydrogen) atoms. The van der Waals surface area contributed by atoms with E-state index in [9.17, 15) is 0 Å². The zero-order chi connectivity index (χ0) is 12.8. The smallest absolute Gasteiger partial charge is 0.222 e. The highest BCUT2D eigenvalue weighted by Gasteiger charge is 2.00. The van der Waals surface area contributed by atoms with E-state index in [4.69, 9.17) is 17.3 Å². The number of aromatic nitrogens is 2. The van der Waals surface area contributed by atoms with Crippen molar-refractivity contribution in [3.63, 3.8) is 0 Å². The Bertz CT molecular complexity index is 499. The van der Waals surface area contributed by atoms with Crippen molar-refractivity contribution in [2.24, 2.45) is 5.73 Å². The van der Waals surface area contributed by atoms with E-state index in [1.807, 2.05) is 30.3 Å². The molecule has 94 valence electrons. The van der Waals surface area contributed by atoms with Gasteiger partial charge in [-0.25, -0.2) is 9.97 Å². The molecule has 0 aliphatic heterocycles. The van der Waals surface area contributed by atoms with Crippen molar-refractivity contribution in [2.75, 3.05) is 18.4 Å². The molecule has 0 amide bonds. The summed E-state index contributed by atoms with van der Waals surface area (Å²) >= 11 is 5.85. The topological polar surface area (TPSA) is 63.8 Å². The Morgan fingerprint density at radius 2 is 1.94 bits per heavy atom. The molecule has 1 aromatic heterocycles. The molecule has 0 saturated heterocycles. The van der Waals surface area contributed by atoms with E-state index in [0.717, 1.165) is 17.1 Å². The first-order valence-electron chi connectivity index (χ1n) is 5.78. The van der Waals surface area contributed by atoms with Gasteiger partial charge < -0.3 is 11.1 Å². The van der Waals surface area contributed by atoms with E-state index < -0.39 is 0 Å². The Hall–Kier alpha value is -1.65. The predicted octanol–water partition coefficient (Wildman–Crippen LogP) is 2.09. The molecule has 0 fully saturated rings. The molecule has 2 rings (SSSR count). The minimum absolute atomic E-state index is 0.560. The van der Waals surface area contributed by atoms with Gasteiger partial charge in [0.2, 0.25) is 5.95 Å². The van der Waals surface area contributed by atoms with Crippen molar-refractivity contribution in [3.05, 3.63) is 52.8 Å². The van der Waals surface area contributed by atoms with Gasteiger partial charge in [0.15, 0.2) is 0 Å². The highest BCUT2D eigenvalue weighted by atomic mass is 35.5. The number of nitrogens with one attached hydrogen (secondary N) is 1. The summed E-state index contributed by atoms with van der Waals surface area (Å²) in [7, 11) is 0. The van der Waals surface area contributed by atoms with Crippen LogP contribution in [0.25, 0.3) is 0 Å². The van der Waals surface area contributed by atoms with Crippen LogP contribution in [0, 0.1) is 0 Å². The first-order chi connectivity index (χ1) is 8.78. The normalized spacial score (nSPS) is 10.3. The summed E-state index contributed by atoms with van der Waals surface area (Å²) in [5.41, 5.74) is 7.56. The average molecular weight is 263 g/mol. The van der Waals surface area contributed by atoms with Gasteiger partial charge in [0.25, 0.3) is 0 Å². The molecule has 4 nitrogen and oxygen atoms in total. The average Bonchev–Trinajstić information content (AvgIpc) is 2.40. The minimum atomic E-state index is 0.560. The van der Waals surface area contributed by atoms with Gasteiger partial charge >= 0.3 is 0 Å². The maximum atomic E-state index is 5.85. The van der Waals surface area contributed by atoms with Crippen molar-refractivity contribution in [1.82, 2.24) is 9.97 Å². The van der Waals surface area contributed by atoms with Crippen molar-refractivity contribution < 1.29 is 0 Å². The maximum absolute atomic E-state index is 5.85. The third kappa shape index (κ3) is 3.68. The van der Waals surface area contributed by atoms with E-state index in [1.165, 1.54) is 5.56 Å². The minimum Gasteiger partial charge on any atom is -0.353 e. The number of rotatable bonds is 5. The number of halogens is 1. The molecule has 1 heterocycles. The summed E-state index contributed by atoms with van der Waals surface area (Å²) in [4.78, 5) is 8.55. The van der Waals surface area contributed by atoms with Crippen LogP contribution >= 0.6 is 11.6 Å². The van der Waals surface area contributed by atoms with Crippen LogP contribution in [-0.2, 0) is 6.42 Å². The van der Waals surface area contributed by atoms with Gasteiger partial charge in [-0.15, -0.1) is 0 Å². The van der Waals surface area contributed by atoms with Crippen LogP contribution in [0.5, 0.6) is 0 Å². The number of hydrogen-bond donors (Lipinski definition) is 2. The second-order valence-electron chi connectivity index (χ2n) is 3.89. The Morgan fingerprint density at radius 1 is 1.17 bits per heavy atom. The zero-order valence-electron chi connectivity index (χ0n) is 9.94. The summed E-state index contributed by atoms with van der Waals surface area (Å²) in [6, 6.07) is 9.66. The van der Waals surface area contributed by atoms with Gasteiger partial charge in [-0.3, -0.25) is 0 Å². The van der Waals surface area contributed by atoms with Gasteiger partial charge in [-0.1, -0.05) is 23.7 Å². The van der Waals surface area contributed by atoms with E-state index in [0.29, 0.717) is 19.0 Å². The van der Waals surface area contributed by atoms with Gasteiger partial charge in [-0.2, -0.15) is 0 Å². The first kappa shape index (κ1) is 12.8. The lowest BCUT2D eigenvalue weighted by atomic mass is 10.1. The second kappa shape index (κ2) is 6.33. The SMILES string of the molecule is NCCNc1nccc(Cc2ccc(Cl)cc2)n1. The zero-order valence-corrected chi connectivity index (χ0v) is 10.7. The molecule has 2 aromatic rings. The van der Waals surface area contributed by atoms with E-state index >= 15 is 0 Å². The molecular weight excluding hydrogens is 248 g/mol. The van der Waals surface area contributed by atoms with Crippen LogP contribution in [0.15, 0.2) is 36.5 Å². The highest BCUT2D eigenvalue weighted by molar-refractivity contribution is 6.30. The summed E-state index contributed by atoms with van der Waals surface area (Å²) < 4.78 is 0. The van der Waals surface area contributed by atoms with Gasteiger partial charge in [-0.05, 0) is 23.8 Å². The molecule has 0 saturated carbocycles. The molecular formula is C13H15ClN4. The summed E-state index contributed by atoms with van der Waals surface area (Å²) in [5, 5.41) is 3.80. The maximum Gasteiger partial charge on any atom is 0.222 e. The quantitative estimate of drug-likeness (QED) is 0.866. The number of benzene rings is 1. The van der Waals surface area contributed by atoms with E-state index in [-0.39, 0.29) is 0 Å². The molecule has 5 heteroatoms. The lowest BCUT2D eigenvalue weighted by Crippen LogP contribution is -2.15. The summed E-state index contributed by atoms with van der Waals surface area (Å²) in [6.45, 7) is 1.23. The van der Waals surface area contributed by atoms with Crippen LogP contribution < -0.4 is 11.1 Å². The molecule has 0 aliphatic rings.